The molecular weight excluding hydrogens is 333 g/mol. The lowest BCUT2D eigenvalue weighted by molar-refractivity contribution is -0.138. The van der Waals surface area contributed by atoms with E-state index in [4.69, 9.17) is 4.74 Å². The van der Waals surface area contributed by atoms with Gasteiger partial charge in [0, 0.05) is 23.7 Å². The second kappa shape index (κ2) is 7.69. The largest absolute Gasteiger partial charge is 0.446 e. The smallest absolute Gasteiger partial charge is 0.378 e. The van der Waals surface area contributed by atoms with Crippen LogP contribution in [0.3, 0.4) is 0 Å². The van der Waals surface area contributed by atoms with Crippen molar-refractivity contribution in [3.63, 3.8) is 0 Å². The van der Waals surface area contributed by atoms with Crippen molar-refractivity contribution in [3.05, 3.63) is 24.3 Å². The monoisotopic (exact) mass is 348 g/mol. The number of thioether (sulfide) groups is 1. The number of halogens is 3. The van der Waals surface area contributed by atoms with Gasteiger partial charge in [0.25, 0.3) is 0 Å². The van der Waals surface area contributed by atoms with Crippen LogP contribution in [0.4, 0.5) is 18.9 Å². The molecule has 23 heavy (non-hydrogen) atoms. The first kappa shape index (κ1) is 17.6. The van der Waals surface area contributed by atoms with E-state index in [1.165, 1.54) is 24.3 Å². The molecule has 1 aliphatic rings. The fourth-order valence-corrected chi connectivity index (χ4v) is 2.55. The summed E-state index contributed by atoms with van der Waals surface area (Å²) in [7, 11) is 0. The van der Waals surface area contributed by atoms with Gasteiger partial charge in [0.05, 0.1) is 13.2 Å². The Labute approximate surface area is 135 Å². The van der Waals surface area contributed by atoms with Crippen LogP contribution in [0.15, 0.2) is 29.2 Å². The Hall–Kier alpha value is -1.74. The molecule has 0 atom stereocenters. The lowest BCUT2D eigenvalue weighted by Gasteiger charge is -2.26. The number of nitrogens with one attached hydrogen (secondary N) is 1. The van der Waals surface area contributed by atoms with Crippen LogP contribution >= 0.6 is 11.8 Å². The summed E-state index contributed by atoms with van der Waals surface area (Å²) in [5.74, 6) is -0.798. The number of rotatable bonds is 4. The number of morpholine rings is 1. The SMILES string of the molecule is O=C(CC(=O)N1CCOCC1)Nc1ccc(SC(F)(F)F)cc1. The highest BCUT2D eigenvalue weighted by molar-refractivity contribution is 8.00. The van der Waals surface area contributed by atoms with Crippen molar-refractivity contribution < 1.29 is 27.5 Å². The van der Waals surface area contributed by atoms with E-state index in [-0.39, 0.29) is 29.0 Å². The van der Waals surface area contributed by atoms with E-state index < -0.39 is 11.4 Å². The zero-order chi connectivity index (χ0) is 16.9. The summed E-state index contributed by atoms with van der Waals surface area (Å²) in [6.07, 6.45) is -0.306. The molecule has 0 aromatic heterocycles. The number of hydrogen-bond donors (Lipinski definition) is 1. The predicted molar refractivity (Wildman–Crippen MR) is 79.0 cm³/mol. The van der Waals surface area contributed by atoms with E-state index in [1.807, 2.05) is 0 Å². The van der Waals surface area contributed by atoms with Crippen molar-refractivity contribution in [2.24, 2.45) is 0 Å². The van der Waals surface area contributed by atoms with E-state index in [0.29, 0.717) is 32.0 Å². The maximum atomic E-state index is 12.2. The molecule has 0 radical (unpaired) electrons. The third-order valence-corrected chi connectivity index (χ3v) is 3.79. The maximum absolute atomic E-state index is 12.2. The molecule has 0 spiro atoms. The van der Waals surface area contributed by atoms with Gasteiger partial charge in [-0.15, -0.1) is 0 Å². The van der Waals surface area contributed by atoms with Crippen LogP contribution in [0.25, 0.3) is 0 Å². The van der Waals surface area contributed by atoms with Gasteiger partial charge in [-0.3, -0.25) is 9.59 Å². The number of ether oxygens (including phenoxy) is 1. The van der Waals surface area contributed by atoms with Crippen LogP contribution in [-0.2, 0) is 14.3 Å². The Kier molecular flexibility index (Phi) is 5.89. The minimum absolute atomic E-state index is 0.0277. The van der Waals surface area contributed by atoms with Crippen molar-refractivity contribution in [1.82, 2.24) is 4.90 Å². The summed E-state index contributed by atoms with van der Waals surface area (Å²) < 4.78 is 41.8. The number of alkyl halides is 3. The Balaban J connectivity index is 1.83. The summed E-state index contributed by atoms with van der Waals surface area (Å²) in [6.45, 7) is 1.81. The molecule has 9 heteroatoms. The van der Waals surface area contributed by atoms with Gasteiger partial charge in [-0.2, -0.15) is 13.2 Å². The highest BCUT2D eigenvalue weighted by atomic mass is 32.2. The van der Waals surface area contributed by atoms with Crippen LogP contribution in [0, 0.1) is 0 Å². The quantitative estimate of drug-likeness (QED) is 0.671. The van der Waals surface area contributed by atoms with Gasteiger partial charge in [0.15, 0.2) is 0 Å². The molecule has 1 aromatic rings. The van der Waals surface area contributed by atoms with Crippen LogP contribution < -0.4 is 5.32 Å². The Morgan fingerprint density at radius 1 is 1.17 bits per heavy atom. The van der Waals surface area contributed by atoms with Gasteiger partial charge in [-0.25, -0.2) is 0 Å². The molecule has 1 N–H and O–H groups in total. The third kappa shape index (κ3) is 6.11. The van der Waals surface area contributed by atoms with Crippen molar-refractivity contribution in [3.8, 4) is 0 Å². The molecule has 2 amide bonds. The Morgan fingerprint density at radius 3 is 2.35 bits per heavy atom. The van der Waals surface area contributed by atoms with Crippen molar-refractivity contribution in [2.75, 3.05) is 31.6 Å². The third-order valence-electron chi connectivity index (χ3n) is 3.05. The van der Waals surface area contributed by atoms with E-state index in [9.17, 15) is 22.8 Å². The van der Waals surface area contributed by atoms with Gasteiger partial charge >= 0.3 is 5.51 Å². The van der Waals surface area contributed by atoms with Gasteiger partial charge in [0.1, 0.15) is 6.42 Å². The first-order valence-corrected chi connectivity index (χ1v) is 7.66. The molecule has 1 fully saturated rings. The molecular formula is C14H15F3N2O3S. The van der Waals surface area contributed by atoms with Crippen molar-refractivity contribution in [1.29, 1.82) is 0 Å². The van der Waals surface area contributed by atoms with E-state index in [1.54, 1.807) is 4.90 Å². The lowest BCUT2D eigenvalue weighted by Crippen LogP contribution is -2.41. The molecule has 2 rings (SSSR count). The zero-order valence-electron chi connectivity index (χ0n) is 12.1. The predicted octanol–water partition coefficient (Wildman–Crippen LogP) is 2.49. The minimum atomic E-state index is -4.35. The van der Waals surface area contributed by atoms with Crippen LogP contribution in [0.2, 0.25) is 0 Å². The second-order valence-corrected chi connectivity index (χ2v) is 5.93. The number of carbonyl (C=O) groups excluding carboxylic acids is 2. The lowest BCUT2D eigenvalue weighted by atomic mass is 10.3. The maximum Gasteiger partial charge on any atom is 0.446 e. The van der Waals surface area contributed by atoms with Crippen molar-refractivity contribution in [2.45, 2.75) is 16.8 Å². The van der Waals surface area contributed by atoms with Gasteiger partial charge in [-0.1, -0.05) is 0 Å². The van der Waals surface area contributed by atoms with Crippen LogP contribution in [0.5, 0.6) is 0 Å². The molecule has 0 unspecified atom stereocenters. The first-order chi connectivity index (χ1) is 10.8. The summed E-state index contributed by atoms with van der Waals surface area (Å²) >= 11 is -0.228. The Bertz CT molecular complexity index is 557. The standard InChI is InChI=1S/C14H15F3N2O3S/c15-14(16,17)23-11-3-1-10(2-4-11)18-12(20)9-13(21)19-5-7-22-8-6-19/h1-4H,5-9H2,(H,18,20). The topological polar surface area (TPSA) is 58.6 Å². The number of nitrogens with zero attached hydrogens (tertiary/aromatic N) is 1. The first-order valence-electron chi connectivity index (χ1n) is 6.85. The van der Waals surface area contributed by atoms with Crippen LogP contribution in [0.1, 0.15) is 6.42 Å². The highest BCUT2D eigenvalue weighted by Gasteiger charge is 2.29. The Morgan fingerprint density at radius 2 is 1.78 bits per heavy atom. The highest BCUT2D eigenvalue weighted by Crippen LogP contribution is 2.37. The van der Waals surface area contributed by atoms with E-state index in [2.05, 4.69) is 5.32 Å². The number of hydrogen-bond acceptors (Lipinski definition) is 4. The van der Waals surface area contributed by atoms with E-state index in [0.717, 1.165) is 0 Å². The molecule has 1 aliphatic heterocycles. The summed E-state index contributed by atoms with van der Waals surface area (Å²) in [4.78, 5) is 25.3. The number of anilines is 1. The van der Waals surface area contributed by atoms with Crippen LogP contribution in [-0.4, -0.2) is 48.5 Å². The molecule has 1 aromatic carbocycles. The average molecular weight is 348 g/mol. The number of benzene rings is 1. The number of carbonyl (C=O) groups is 2. The molecule has 1 heterocycles. The minimum Gasteiger partial charge on any atom is -0.378 e. The normalized spacial score (nSPS) is 15.3. The van der Waals surface area contributed by atoms with Gasteiger partial charge in [0.2, 0.25) is 11.8 Å². The molecule has 1 saturated heterocycles. The van der Waals surface area contributed by atoms with Gasteiger partial charge < -0.3 is 15.0 Å². The molecule has 5 nitrogen and oxygen atoms in total. The second-order valence-electron chi connectivity index (χ2n) is 4.79. The average Bonchev–Trinajstić information content (AvgIpc) is 2.48. The summed E-state index contributed by atoms with van der Waals surface area (Å²) in [5, 5.41) is 2.49. The zero-order valence-corrected chi connectivity index (χ0v) is 12.9. The fraction of sp³-hybridized carbons (Fsp3) is 0.429. The molecule has 0 saturated carbocycles. The van der Waals surface area contributed by atoms with Crippen molar-refractivity contribution >= 4 is 29.3 Å². The van der Waals surface area contributed by atoms with E-state index >= 15 is 0 Å². The van der Waals surface area contributed by atoms with Gasteiger partial charge in [-0.05, 0) is 36.0 Å². The fourth-order valence-electron chi connectivity index (χ4n) is 2.01. The molecule has 0 aliphatic carbocycles. The molecule has 0 bridgehead atoms. The summed E-state index contributed by atoms with van der Waals surface area (Å²) in [6, 6.07) is 5.26. The summed E-state index contributed by atoms with van der Waals surface area (Å²) in [5.41, 5.74) is -4.01. The molecule has 126 valence electrons. The number of amides is 2.